The summed E-state index contributed by atoms with van der Waals surface area (Å²) in [5, 5.41) is 0. The summed E-state index contributed by atoms with van der Waals surface area (Å²) in [7, 11) is 1.92. The Morgan fingerprint density at radius 3 is 2.64 bits per heavy atom. The SMILES string of the molecule is CCn1cnc(-c2cn(C)cn2)c1N. The maximum atomic E-state index is 5.91. The number of nitrogens with zero attached hydrogens (tertiary/aromatic N) is 4. The van der Waals surface area contributed by atoms with Crippen molar-refractivity contribution in [2.45, 2.75) is 13.5 Å². The molecular weight excluding hydrogens is 178 g/mol. The fourth-order valence-corrected chi connectivity index (χ4v) is 1.38. The van der Waals surface area contributed by atoms with Crippen LogP contribution in [0.3, 0.4) is 0 Å². The fourth-order valence-electron chi connectivity index (χ4n) is 1.38. The van der Waals surface area contributed by atoms with Gasteiger partial charge >= 0.3 is 0 Å². The highest BCUT2D eigenvalue weighted by Crippen LogP contribution is 2.21. The standard InChI is InChI=1S/C9H13N5/c1-3-14-6-12-8(9(14)10)7-4-13(2)5-11-7/h4-6H,3,10H2,1-2H3. The number of nitrogen functional groups attached to an aromatic ring is 1. The molecule has 0 amide bonds. The number of hydrogen-bond acceptors (Lipinski definition) is 3. The third kappa shape index (κ3) is 1.26. The van der Waals surface area contributed by atoms with Crippen molar-refractivity contribution in [3.8, 4) is 11.4 Å². The van der Waals surface area contributed by atoms with Crippen molar-refractivity contribution < 1.29 is 0 Å². The molecule has 2 aromatic heterocycles. The molecule has 14 heavy (non-hydrogen) atoms. The molecule has 0 aliphatic carbocycles. The second-order valence-electron chi connectivity index (χ2n) is 3.19. The number of anilines is 1. The second-order valence-corrected chi connectivity index (χ2v) is 3.19. The van der Waals surface area contributed by atoms with Crippen LogP contribution in [0.2, 0.25) is 0 Å². The van der Waals surface area contributed by atoms with Gasteiger partial charge in [0.2, 0.25) is 0 Å². The third-order valence-electron chi connectivity index (χ3n) is 2.17. The van der Waals surface area contributed by atoms with Gasteiger partial charge in [-0.15, -0.1) is 0 Å². The van der Waals surface area contributed by atoms with E-state index in [1.807, 2.05) is 29.3 Å². The van der Waals surface area contributed by atoms with E-state index in [0.29, 0.717) is 5.82 Å². The molecule has 0 aromatic carbocycles. The summed E-state index contributed by atoms with van der Waals surface area (Å²) in [6.45, 7) is 2.85. The number of hydrogen-bond donors (Lipinski definition) is 1. The van der Waals surface area contributed by atoms with E-state index in [2.05, 4.69) is 9.97 Å². The van der Waals surface area contributed by atoms with E-state index in [9.17, 15) is 0 Å². The van der Waals surface area contributed by atoms with Crippen molar-refractivity contribution in [1.29, 1.82) is 0 Å². The van der Waals surface area contributed by atoms with Crippen molar-refractivity contribution in [3.63, 3.8) is 0 Å². The largest absolute Gasteiger partial charge is 0.383 e. The first-order chi connectivity index (χ1) is 6.72. The predicted octanol–water partition coefficient (Wildman–Crippen LogP) is 0.886. The van der Waals surface area contributed by atoms with Crippen LogP contribution in [0.15, 0.2) is 18.9 Å². The van der Waals surface area contributed by atoms with Crippen LogP contribution >= 0.6 is 0 Å². The molecule has 74 valence electrons. The molecule has 0 saturated carbocycles. The van der Waals surface area contributed by atoms with Gasteiger partial charge in [-0.1, -0.05) is 0 Å². The zero-order valence-corrected chi connectivity index (χ0v) is 8.31. The molecule has 0 aliphatic rings. The Kier molecular flexibility index (Phi) is 1.99. The Labute approximate surface area is 82.2 Å². The summed E-state index contributed by atoms with van der Waals surface area (Å²) in [5.41, 5.74) is 7.48. The van der Waals surface area contributed by atoms with Crippen LogP contribution < -0.4 is 5.73 Å². The molecular formula is C9H13N5. The van der Waals surface area contributed by atoms with Crippen LogP contribution in [0.25, 0.3) is 11.4 Å². The average molecular weight is 191 g/mol. The minimum absolute atomic E-state index is 0.672. The van der Waals surface area contributed by atoms with Gasteiger partial charge in [-0.25, -0.2) is 9.97 Å². The van der Waals surface area contributed by atoms with Gasteiger partial charge in [0.25, 0.3) is 0 Å². The highest BCUT2D eigenvalue weighted by Gasteiger charge is 2.10. The molecule has 2 rings (SSSR count). The van der Waals surface area contributed by atoms with E-state index in [4.69, 9.17) is 5.73 Å². The van der Waals surface area contributed by atoms with Crippen molar-refractivity contribution in [1.82, 2.24) is 19.1 Å². The van der Waals surface area contributed by atoms with E-state index < -0.39 is 0 Å². The van der Waals surface area contributed by atoms with E-state index in [1.165, 1.54) is 0 Å². The van der Waals surface area contributed by atoms with Gasteiger partial charge in [-0.3, -0.25) is 0 Å². The first-order valence-corrected chi connectivity index (χ1v) is 4.51. The normalized spacial score (nSPS) is 10.7. The van der Waals surface area contributed by atoms with Gasteiger partial charge in [0.15, 0.2) is 0 Å². The molecule has 0 aliphatic heterocycles. The summed E-state index contributed by atoms with van der Waals surface area (Å²) >= 11 is 0. The molecule has 0 radical (unpaired) electrons. The summed E-state index contributed by atoms with van der Waals surface area (Å²) in [5.74, 6) is 0.672. The minimum atomic E-state index is 0.672. The van der Waals surface area contributed by atoms with Crippen LogP contribution in [-0.4, -0.2) is 19.1 Å². The lowest BCUT2D eigenvalue weighted by atomic mass is 10.3. The highest BCUT2D eigenvalue weighted by atomic mass is 15.1. The molecule has 0 unspecified atom stereocenters. The summed E-state index contributed by atoms with van der Waals surface area (Å²) in [6, 6.07) is 0. The van der Waals surface area contributed by atoms with Crippen LogP contribution in [-0.2, 0) is 13.6 Å². The molecule has 2 aromatic rings. The van der Waals surface area contributed by atoms with Gasteiger partial charge < -0.3 is 14.9 Å². The second kappa shape index (κ2) is 3.17. The number of rotatable bonds is 2. The van der Waals surface area contributed by atoms with Crippen molar-refractivity contribution in [2.75, 3.05) is 5.73 Å². The van der Waals surface area contributed by atoms with Crippen LogP contribution in [0.5, 0.6) is 0 Å². The van der Waals surface area contributed by atoms with Crippen molar-refractivity contribution in [3.05, 3.63) is 18.9 Å². The Balaban J connectivity index is 2.46. The lowest BCUT2D eigenvalue weighted by Gasteiger charge is -1.99. The minimum Gasteiger partial charge on any atom is -0.383 e. The summed E-state index contributed by atoms with van der Waals surface area (Å²) in [6.07, 6.45) is 5.37. The number of aromatic nitrogens is 4. The van der Waals surface area contributed by atoms with Crippen molar-refractivity contribution in [2.24, 2.45) is 7.05 Å². The number of imidazole rings is 2. The van der Waals surface area contributed by atoms with E-state index in [0.717, 1.165) is 17.9 Å². The van der Waals surface area contributed by atoms with Crippen LogP contribution in [0.1, 0.15) is 6.92 Å². The lowest BCUT2D eigenvalue weighted by Crippen LogP contribution is -1.99. The zero-order valence-electron chi connectivity index (χ0n) is 8.31. The Bertz CT molecular complexity index is 440. The molecule has 5 nitrogen and oxygen atoms in total. The quantitative estimate of drug-likeness (QED) is 0.766. The van der Waals surface area contributed by atoms with E-state index in [1.54, 1.807) is 12.7 Å². The smallest absolute Gasteiger partial charge is 0.133 e. The zero-order chi connectivity index (χ0) is 10.1. The topological polar surface area (TPSA) is 61.7 Å². The van der Waals surface area contributed by atoms with E-state index >= 15 is 0 Å². The van der Waals surface area contributed by atoms with E-state index in [-0.39, 0.29) is 0 Å². The molecule has 5 heteroatoms. The summed E-state index contributed by atoms with van der Waals surface area (Å²) < 4.78 is 3.77. The van der Waals surface area contributed by atoms with Gasteiger partial charge in [0, 0.05) is 19.8 Å². The number of nitrogens with two attached hydrogens (primary N) is 1. The maximum Gasteiger partial charge on any atom is 0.133 e. The summed E-state index contributed by atoms with van der Waals surface area (Å²) in [4.78, 5) is 8.43. The first-order valence-electron chi connectivity index (χ1n) is 4.51. The predicted molar refractivity (Wildman–Crippen MR) is 54.5 cm³/mol. The van der Waals surface area contributed by atoms with Gasteiger partial charge in [0.05, 0.1) is 12.7 Å². The first kappa shape index (κ1) is 8.80. The van der Waals surface area contributed by atoms with Crippen LogP contribution in [0.4, 0.5) is 5.82 Å². The van der Waals surface area contributed by atoms with Crippen molar-refractivity contribution >= 4 is 5.82 Å². The molecule has 2 N–H and O–H groups in total. The molecule has 0 fully saturated rings. The van der Waals surface area contributed by atoms with Gasteiger partial charge in [0.1, 0.15) is 17.2 Å². The Hall–Kier alpha value is -1.78. The molecule has 2 heterocycles. The average Bonchev–Trinajstić information content (AvgIpc) is 2.72. The highest BCUT2D eigenvalue weighted by molar-refractivity contribution is 5.66. The monoisotopic (exact) mass is 191 g/mol. The number of aryl methyl sites for hydroxylation is 2. The maximum absolute atomic E-state index is 5.91. The molecule has 0 spiro atoms. The molecule has 0 atom stereocenters. The van der Waals surface area contributed by atoms with Gasteiger partial charge in [-0.05, 0) is 6.92 Å². The third-order valence-corrected chi connectivity index (χ3v) is 2.17. The lowest BCUT2D eigenvalue weighted by molar-refractivity contribution is 0.771. The van der Waals surface area contributed by atoms with Gasteiger partial charge in [-0.2, -0.15) is 0 Å². The molecule has 0 bridgehead atoms. The fraction of sp³-hybridized carbons (Fsp3) is 0.333. The molecule has 0 saturated heterocycles. The Morgan fingerprint density at radius 2 is 2.14 bits per heavy atom. The Morgan fingerprint density at radius 1 is 1.36 bits per heavy atom. The van der Waals surface area contributed by atoms with Crippen LogP contribution in [0, 0.1) is 0 Å².